The monoisotopic (exact) mass is 249 g/mol. The smallest absolute Gasteiger partial charge is 0.328 e. The molecule has 1 fully saturated rings. The number of methoxy groups -OCH3 is 1. The van der Waals surface area contributed by atoms with Gasteiger partial charge in [-0.2, -0.15) is 0 Å². The molecule has 1 aromatic carbocycles. The molecule has 1 aliphatic rings. The molecule has 4 heteroatoms. The van der Waals surface area contributed by atoms with Crippen LogP contribution in [-0.2, 0) is 20.8 Å². The molecule has 1 saturated heterocycles. The molecular formula is C14H19NO3. The number of rotatable bonds is 4. The average Bonchev–Trinajstić information content (AvgIpc) is 2.46. The second-order valence-electron chi connectivity index (χ2n) is 4.57. The maximum absolute atomic E-state index is 11.9. The van der Waals surface area contributed by atoms with Crippen molar-refractivity contribution in [2.45, 2.75) is 24.9 Å². The highest BCUT2D eigenvalue weighted by Gasteiger charge is 2.41. The van der Waals surface area contributed by atoms with Gasteiger partial charge >= 0.3 is 5.97 Å². The van der Waals surface area contributed by atoms with Gasteiger partial charge in [0.2, 0.25) is 0 Å². The molecule has 4 nitrogen and oxygen atoms in total. The van der Waals surface area contributed by atoms with Gasteiger partial charge < -0.3 is 9.47 Å². The van der Waals surface area contributed by atoms with Crippen LogP contribution in [0.5, 0.6) is 0 Å². The molecule has 0 aromatic heterocycles. The average molecular weight is 249 g/mol. The number of benzene rings is 1. The van der Waals surface area contributed by atoms with Crippen molar-refractivity contribution in [3.63, 3.8) is 0 Å². The largest absolute Gasteiger partial charge is 0.468 e. The van der Waals surface area contributed by atoms with E-state index in [0.29, 0.717) is 19.8 Å². The minimum absolute atomic E-state index is 0.238. The summed E-state index contributed by atoms with van der Waals surface area (Å²) < 4.78 is 10.3. The van der Waals surface area contributed by atoms with Crippen molar-refractivity contribution in [3.05, 3.63) is 35.9 Å². The minimum Gasteiger partial charge on any atom is -0.468 e. The number of esters is 1. The number of hydrogen-bond donors (Lipinski definition) is 1. The number of carbonyl (C=O) groups is 1. The van der Waals surface area contributed by atoms with Crippen LogP contribution in [0, 0.1) is 0 Å². The van der Waals surface area contributed by atoms with Crippen molar-refractivity contribution in [1.82, 2.24) is 5.32 Å². The fraction of sp³-hybridized carbons (Fsp3) is 0.500. The number of carbonyl (C=O) groups excluding carboxylic acids is 1. The van der Waals surface area contributed by atoms with Crippen molar-refractivity contribution in [2.75, 3.05) is 20.3 Å². The van der Waals surface area contributed by atoms with E-state index in [1.807, 2.05) is 30.3 Å². The van der Waals surface area contributed by atoms with Gasteiger partial charge in [0.15, 0.2) is 0 Å². The van der Waals surface area contributed by atoms with Gasteiger partial charge in [0.1, 0.15) is 5.54 Å². The van der Waals surface area contributed by atoms with Crippen molar-refractivity contribution >= 4 is 5.97 Å². The predicted molar refractivity (Wildman–Crippen MR) is 68.1 cm³/mol. The molecule has 0 radical (unpaired) electrons. The molecule has 98 valence electrons. The Labute approximate surface area is 107 Å². The van der Waals surface area contributed by atoms with Crippen molar-refractivity contribution in [2.24, 2.45) is 0 Å². The highest BCUT2D eigenvalue weighted by molar-refractivity contribution is 5.81. The maximum Gasteiger partial charge on any atom is 0.328 e. The Morgan fingerprint density at radius 3 is 2.83 bits per heavy atom. The van der Waals surface area contributed by atoms with Crippen LogP contribution in [0.1, 0.15) is 18.4 Å². The van der Waals surface area contributed by atoms with Gasteiger partial charge in [-0.15, -0.1) is 0 Å². The van der Waals surface area contributed by atoms with Crippen molar-refractivity contribution < 1.29 is 14.3 Å². The molecule has 1 aromatic rings. The summed E-state index contributed by atoms with van der Waals surface area (Å²) in [5.41, 5.74) is 0.453. The lowest BCUT2D eigenvalue weighted by molar-refractivity contribution is -0.154. The van der Waals surface area contributed by atoms with Crippen LogP contribution < -0.4 is 5.32 Å². The van der Waals surface area contributed by atoms with Gasteiger partial charge in [0.25, 0.3) is 0 Å². The van der Waals surface area contributed by atoms with E-state index in [1.165, 1.54) is 7.11 Å². The maximum atomic E-state index is 11.9. The summed E-state index contributed by atoms with van der Waals surface area (Å²) in [4.78, 5) is 11.9. The van der Waals surface area contributed by atoms with E-state index in [-0.39, 0.29) is 5.97 Å². The van der Waals surface area contributed by atoms with Gasteiger partial charge in [-0.1, -0.05) is 30.3 Å². The topological polar surface area (TPSA) is 47.6 Å². The van der Waals surface area contributed by atoms with Gasteiger partial charge in [0.05, 0.1) is 13.7 Å². The molecule has 0 spiro atoms. The van der Waals surface area contributed by atoms with E-state index in [9.17, 15) is 4.79 Å². The Balaban J connectivity index is 2.04. The molecular weight excluding hydrogens is 230 g/mol. The molecule has 1 unspecified atom stereocenters. The van der Waals surface area contributed by atoms with Crippen LogP contribution in [-0.4, -0.2) is 31.8 Å². The lowest BCUT2D eigenvalue weighted by Gasteiger charge is -2.35. The standard InChI is InChI=1S/C14H19NO3/c1-17-13(16)14(8-5-9-18-11-14)15-10-12-6-3-2-4-7-12/h2-4,6-7,15H,5,8-11H2,1H3. The van der Waals surface area contributed by atoms with Gasteiger partial charge in [-0.3, -0.25) is 5.32 Å². The zero-order chi connectivity index (χ0) is 12.8. The summed E-state index contributed by atoms with van der Waals surface area (Å²) in [5.74, 6) is -0.238. The van der Waals surface area contributed by atoms with E-state index in [2.05, 4.69) is 5.32 Å². The Kier molecular flexibility index (Phi) is 4.33. The number of hydrogen-bond acceptors (Lipinski definition) is 4. The third-order valence-electron chi connectivity index (χ3n) is 3.29. The van der Waals surface area contributed by atoms with Crippen molar-refractivity contribution in [1.29, 1.82) is 0 Å². The summed E-state index contributed by atoms with van der Waals surface area (Å²) in [5, 5.41) is 3.30. The summed E-state index contributed by atoms with van der Waals surface area (Å²) >= 11 is 0. The summed E-state index contributed by atoms with van der Waals surface area (Å²) in [6, 6.07) is 10.0. The van der Waals surface area contributed by atoms with Gasteiger partial charge in [-0.05, 0) is 18.4 Å². The first-order chi connectivity index (χ1) is 8.77. The molecule has 0 aliphatic carbocycles. The fourth-order valence-electron chi connectivity index (χ4n) is 2.23. The molecule has 1 heterocycles. The highest BCUT2D eigenvalue weighted by atomic mass is 16.5. The minimum atomic E-state index is -0.692. The van der Waals surface area contributed by atoms with E-state index in [4.69, 9.17) is 9.47 Å². The first-order valence-electron chi connectivity index (χ1n) is 6.22. The quantitative estimate of drug-likeness (QED) is 0.821. The second kappa shape index (κ2) is 5.98. The van der Waals surface area contributed by atoms with Crippen molar-refractivity contribution in [3.8, 4) is 0 Å². The second-order valence-corrected chi connectivity index (χ2v) is 4.57. The zero-order valence-electron chi connectivity index (χ0n) is 10.6. The lowest BCUT2D eigenvalue weighted by Crippen LogP contribution is -2.57. The third kappa shape index (κ3) is 2.89. The Hall–Kier alpha value is -1.39. The van der Waals surface area contributed by atoms with E-state index >= 15 is 0 Å². The fourth-order valence-corrected chi connectivity index (χ4v) is 2.23. The van der Waals surface area contributed by atoms with Gasteiger partial charge in [-0.25, -0.2) is 4.79 Å². The first kappa shape index (κ1) is 13.1. The molecule has 1 atom stereocenters. The highest BCUT2D eigenvalue weighted by Crippen LogP contribution is 2.21. The molecule has 1 N–H and O–H groups in total. The lowest BCUT2D eigenvalue weighted by atomic mass is 9.92. The van der Waals surface area contributed by atoms with Crippen LogP contribution in [0.3, 0.4) is 0 Å². The Bertz CT molecular complexity index is 385. The number of nitrogens with one attached hydrogen (secondary N) is 1. The molecule has 0 bridgehead atoms. The van der Waals surface area contributed by atoms with E-state index in [1.54, 1.807) is 0 Å². The van der Waals surface area contributed by atoms with E-state index < -0.39 is 5.54 Å². The van der Waals surface area contributed by atoms with Crippen LogP contribution in [0.2, 0.25) is 0 Å². The Morgan fingerprint density at radius 1 is 1.44 bits per heavy atom. The molecule has 18 heavy (non-hydrogen) atoms. The number of ether oxygens (including phenoxy) is 2. The zero-order valence-corrected chi connectivity index (χ0v) is 10.6. The first-order valence-corrected chi connectivity index (χ1v) is 6.22. The summed E-state index contributed by atoms with van der Waals surface area (Å²) in [6.07, 6.45) is 1.63. The molecule has 0 amide bonds. The Morgan fingerprint density at radius 2 is 2.22 bits per heavy atom. The predicted octanol–water partition coefficient (Wildman–Crippen LogP) is 1.50. The molecule has 2 rings (SSSR count). The van der Waals surface area contributed by atoms with Gasteiger partial charge in [0, 0.05) is 13.2 Å². The third-order valence-corrected chi connectivity index (χ3v) is 3.29. The van der Waals surface area contributed by atoms with Crippen LogP contribution in [0.4, 0.5) is 0 Å². The van der Waals surface area contributed by atoms with Crippen LogP contribution in [0.25, 0.3) is 0 Å². The van der Waals surface area contributed by atoms with Crippen LogP contribution in [0.15, 0.2) is 30.3 Å². The normalized spacial score (nSPS) is 23.6. The van der Waals surface area contributed by atoms with Crippen LogP contribution >= 0.6 is 0 Å². The molecule has 1 aliphatic heterocycles. The molecule has 0 saturated carbocycles. The van der Waals surface area contributed by atoms with E-state index in [0.717, 1.165) is 18.4 Å². The summed E-state index contributed by atoms with van der Waals surface area (Å²) in [6.45, 7) is 1.73. The SMILES string of the molecule is COC(=O)C1(NCc2ccccc2)CCCOC1. The summed E-state index contributed by atoms with van der Waals surface area (Å²) in [7, 11) is 1.42.